The molecular formula is C25H15Cl2FN2O3. The molecule has 1 aromatic heterocycles. The summed E-state index contributed by atoms with van der Waals surface area (Å²) in [6, 6.07) is 16.2. The maximum atomic E-state index is 14.1. The van der Waals surface area contributed by atoms with E-state index in [2.05, 4.69) is 4.98 Å². The van der Waals surface area contributed by atoms with Crippen molar-refractivity contribution in [3.8, 4) is 0 Å². The molecule has 1 aliphatic heterocycles. The Morgan fingerprint density at radius 3 is 2.52 bits per heavy atom. The predicted molar refractivity (Wildman–Crippen MR) is 126 cm³/mol. The number of rotatable bonds is 3. The van der Waals surface area contributed by atoms with Crippen LogP contribution in [0, 0.1) is 5.82 Å². The highest BCUT2D eigenvalue weighted by Gasteiger charge is 2.47. The summed E-state index contributed by atoms with van der Waals surface area (Å²) in [5, 5.41) is 12.4. The molecule has 1 amide bonds. The van der Waals surface area contributed by atoms with Crippen molar-refractivity contribution in [2.24, 2.45) is 0 Å². The fourth-order valence-corrected chi connectivity index (χ4v) is 4.44. The van der Waals surface area contributed by atoms with Gasteiger partial charge in [0.2, 0.25) is 0 Å². The molecule has 1 atom stereocenters. The molecule has 1 fully saturated rings. The summed E-state index contributed by atoms with van der Waals surface area (Å²) in [6.07, 6.45) is 1.68. The Hall–Kier alpha value is -3.61. The van der Waals surface area contributed by atoms with Crippen LogP contribution in [-0.4, -0.2) is 21.8 Å². The van der Waals surface area contributed by atoms with Crippen molar-refractivity contribution < 1.29 is 19.1 Å². The number of aliphatic hydroxyl groups excluding tert-OH is 1. The number of hydrogen-bond acceptors (Lipinski definition) is 3. The third-order valence-electron chi connectivity index (χ3n) is 5.64. The number of nitrogens with zero attached hydrogens (tertiary/aromatic N) is 1. The van der Waals surface area contributed by atoms with Crippen LogP contribution in [0.4, 0.5) is 10.1 Å². The van der Waals surface area contributed by atoms with Crippen LogP contribution in [-0.2, 0) is 9.59 Å². The van der Waals surface area contributed by atoms with E-state index in [1.54, 1.807) is 6.20 Å². The Morgan fingerprint density at radius 2 is 1.76 bits per heavy atom. The lowest BCUT2D eigenvalue weighted by atomic mass is 9.94. The maximum absolute atomic E-state index is 14.1. The molecular weight excluding hydrogens is 466 g/mol. The van der Waals surface area contributed by atoms with Crippen molar-refractivity contribution in [3.05, 3.63) is 105 Å². The van der Waals surface area contributed by atoms with Gasteiger partial charge in [-0.25, -0.2) is 4.39 Å². The lowest BCUT2D eigenvalue weighted by molar-refractivity contribution is -0.132. The molecule has 33 heavy (non-hydrogen) atoms. The predicted octanol–water partition coefficient (Wildman–Crippen LogP) is 6.24. The fourth-order valence-electron chi connectivity index (χ4n) is 4.14. The second-order valence-electron chi connectivity index (χ2n) is 7.57. The highest BCUT2D eigenvalue weighted by atomic mass is 35.5. The van der Waals surface area contributed by atoms with Gasteiger partial charge in [-0.15, -0.1) is 0 Å². The second kappa shape index (κ2) is 8.06. The van der Waals surface area contributed by atoms with Gasteiger partial charge >= 0.3 is 0 Å². The number of ketones is 1. The van der Waals surface area contributed by atoms with E-state index in [0.29, 0.717) is 5.56 Å². The van der Waals surface area contributed by atoms with E-state index >= 15 is 0 Å². The first-order chi connectivity index (χ1) is 15.9. The topological polar surface area (TPSA) is 73.4 Å². The number of halogens is 3. The maximum Gasteiger partial charge on any atom is 0.300 e. The van der Waals surface area contributed by atoms with E-state index < -0.39 is 29.3 Å². The Labute approximate surface area is 197 Å². The van der Waals surface area contributed by atoms with Gasteiger partial charge in [-0.1, -0.05) is 47.5 Å². The zero-order valence-electron chi connectivity index (χ0n) is 16.9. The number of Topliss-reactive ketones (excluding diaryl/α,β-unsaturated/α-hetero) is 1. The summed E-state index contributed by atoms with van der Waals surface area (Å²) in [7, 11) is 0. The van der Waals surface area contributed by atoms with Crippen LogP contribution in [0.2, 0.25) is 10.0 Å². The van der Waals surface area contributed by atoms with Gasteiger partial charge in [0.05, 0.1) is 21.7 Å². The number of amides is 1. The van der Waals surface area contributed by atoms with Crippen LogP contribution in [0.5, 0.6) is 0 Å². The molecule has 3 aromatic carbocycles. The summed E-state index contributed by atoms with van der Waals surface area (Å²) in [5.74, 6) is -2.73. The van der Waals surface area contributed by atoms with Crippen LogP contribution in [0.3, 0.4) is 0 Å². The van der Waals surface area contributed by atoms with Gasteiger partial charge in [0.1, 0.15) is 11.6 Å². The molecule has 4 aromatic rings. The van der Waals surface area contributed by atoms with E-state index in [0.717, 1.165) is 10.9 Å². The number of aromatic nitrogens is 1. The molecule has 2 N–H and O–H groups in total. The Morgan fingerprint density at radius 1 is 0.970 bits per heavy atom. The average Bonchev–Trinajstić information content (AvgIpc) is 3.34. The summed E-state index contributed by atoms with van der Waals surface area (Å²) in [5.41, 5.74) is 1.65. The van der Waals surface area contributed by atoms with Crippen LogP contribution >= 0.6 is 23.2 Å². The smallest absolute Gasteiger partial charge is 0.300 e. The van der Waals surface area contributed by atoms with Crippen molar-refractivity contribution >= 4 is 57.2 Å². The first-order valence-corrected chi connectivity index (χ1v) is 10.7. The van der Waals surface area contributed by atoms with E-state index in [-0.39, 0.29) is 26.9 Å². The van der Waals surface area contributed by atoms with Crippen LogP contribution in [0.25, 0.3) is 16.7 Å². The Kier molecular flexibility index (Phi) is 5.19. The Balaban J connectivity index is 1.79. The average molecular weight is 481 g/mol. The first-order valence-electron chi connectivity index (χ1n) is 9.95. The van der Waals surface area contributed by atoms with Crippen LogP contribution < -0.4 is 4.90 Å². The van der Waals surface area contributed by atoms with Gasteiger partial charge in [-0.2, -0.15) is 0 Å². The van der Waals surface area contributed by atoms with E-state index in [9.17, 15) is 19.1 Å². The normalized spacial score (nSPS) is 17.8. The van der Waals surface area contributed by atoms with Gasteiger partial charge < -0.3 is 10.1 Å². The standard InChI is InChI=1S/C25H15Cl2FN2O3/c26-18-9-8-13(10-19(18)27)23(31)21-22(17-12-29-20-7-2-1-6-16(17)20)30(25(33)24(21)32)15-5-3-4-14(28)11-15/h1-12,22,29,31H/b23-21+. The lowest BCUT2D eigenvalue weighted by Crippen LogP contribution is -2.29. The van der Waals surface area contributed by atoms with E-state index in [1.165, 1.54) is 47.4 Å². The highest BCUT2D eigenvalue weighted by molar-refractivity contribution is 6.52. The number of anilines is 1. The molecule has 0 radical (unpaired) electrons. The van der Waals surface area contributed by atoms with Crippen molar-refractivity contribution in [1.29, 1.82) is 0 Å². The third kappa shape index (κ3) is 3.48. The third-order valence-corrected chi connectivity index (χ3v) is 6.38. The van der Waals surface area contributed by atoms with Crippen LogP contribution in [0.15, 0.2) is 78.5 Å². The minimum Gasteiger partial charge on any atom is -0.507 e. The molecule has 164 valence electrons. The molecule has 1 unspecified atom stereocenters. The number of carbonyl (C=O) groups is 2. The molecule has 1 saturated heterocycles. The Bertz CT molecular complexity index is 1480. The van der Waals surface area contributed by atoms with Gasteiger partial charge in [0.25, 0.3) is 11.7 Å². The van der Waals surface area contributed by atoms with Crippen molar-refractivity contribution in [2.45, 2.75) is 6.04 Å². The largest absolute Gasteiger partial charge is 0.507 e. The fraction of sp³-hybridized carbons (Fsp3) is 0.0400. The summed E-state index contributed by atoms with van der Waals surface area (Å²) < 4.78 is 14.1. The summed E-state index contributed by atoms with van der Waals surface area (Å²) >= 11 is 12.1. The number of aliphatic hydroxyl groups is 1. The zero-order valence-corrected chi connectivity index (χ0v) is 18.4. The summed E-state index contributed by atoms with van der Waals surface area (Å²) in [6.45, 7) is 0. The molecule has 1 aliphatic rings. The van der Waals surface area contributed by atoms with Crippen LogP contribution in [0.1, 0.15) is 17.2 Å². The van der Waals surface area contributed by atoms with Crippen molar-refractivity contribution in [3.63, 3.8) is 0 Å². The molecule has 0 aliphatic carbocycles. The number of carbonyl (C=O) groups excluding carboxylic acids is 2. The van der Waals surface area contributed by atoms with Gasteiger partial charge in [-0.05, 0) is 42.5 Å². The minimum atomic E-state index is -1.00. The summed E-state index contributed by atoms with van der Waals surface area (Å²) in [4.78, 5) is 30.7. The molecule has 5 nitrogen and oxygen atoms in total. The number of para-hydroxylation sites is 1. The molecule has 0 saturated carbocycles. The van der Waals surface area contributed by atoms with Gasteiger partial charge in [-0.3, -0.25) is 14.5 Å². The van der Waals surface area contributed by atoms with Gasteiger partial charge in [0, 0.05) is 33.9 Å². The van der Waals surface area contributed by atoms with Crippen molar-refractivity contribution in [2.75, 3.05) is 4.90 Å². The number of nitrogens with one attached hydrogen (secondary N) is 1. The zero-order chi connectivity index (χ0) is 23.3. The van der Waals surface area contributed by atoms with Gasteiger partial charge in [0.15, 0.2) is 0 Å². The number of hydrogen-bond donors (Lipinski definition) is 2. The number of fused-ring (bicyclic) bond motifs is 1. The monoisotopic (exact) mass is 480 g/mol. The quantitative estimate of drug-likeness (QED) is 0.207. The first kappa shape index (κ1) is 21.2. The number of benzene rings is 3. The molecule has 0 bridgehead atoms. The number of H-pyrrole nitrogens is 1. The molecule has 8 heteroatoms. The molecule has 0 spiro atoms. The second-order valence-corrected chi connectivity index (χ2v) is 8.38. The lowest BCUT2D eigenvalue weighted by Gasteiger charge is -2.25. The SMILES string of the molecule is O=C1C(=O)N(c2cccc(F)c2)C(c2c[nH]c3ccccc23)/C1=C(\O)c1ccc(Cl)c(Cl)c1. The van der Waals surface area contributed by atoms with Crippen molar-refractivity contribution in [1.82, 2.24) is 4.98 Å². The molecule has 5 rings (SSSR count). The van der Waals surface area contributed by atoms with E-state index in [4.69, 9.17) is 23.2 Å². The minimum absolute atomic E-state index is 0.132. The molecule has 2 heterocycles. The highest BCUT2D eigenvalue weighted by Crippen LogP contribution is 2.44. The number of aromatic amines is 1. The van der Waals surface area contributed by atoms with E-state index in [1.807, 2.05) is 24.3 Å².